The Balaban J connectivity index is 2.01. The number of halogens is 1. The molecular formula is C16H13ClN2O. The lowest BCUT2D eigenvalue weighted by atomic mass is 9.93. The van der Waals surface area contributed by atoms with E-state index in [0.29, 0.717) is 18.1 Å². The molecule has 4 rings (SSSR count). The van der Waals surface area contributed by atoms with Crippen molar-refractivity contribution >= 4 is 17.4 Å². The van der Waals surface area contributed by atoms with Crippen LogP contribution in [0.4, 0.5) is 0 Å². The van der Waals surface area contributed by atoms with E-state index in [0.717, 1.165) is 22.5 Å². The van der Waals surface area contributed by atoms with Crippen LogP contribution in [0.1, 0.15) is 16.7 Å². The molecule has 3 nitrogen and oxygen atoms in total. The number of aliphatic hydroxyl groups is 1. The molecule has 0 aliphatic carbocycles. The van der Waals surface area contributed by atoms with Crippen molar-refractivity contribution < 1.29 is 5.11 Å². The van der Waals surface area contributed by atoms with Crippen molar-refractivity contribution in [3.05, 3.63) is 70.2 Å². The van der Waals surface area contributed by atoms with E-state index in [9.17, 15) is 5.11 Å². The molecule has 0 aromatic heterocycles. The molecule has 0 radical (unpaired) electrons. The predicted molar refractivity (Wildman–Crippen MR) is 79.0 cm³/mol. The van der Waals surface area contributed by atoms with Crippen LogP contribution in [-0.4, -0.2) is 28.9 Å². The summed E-state index contributed by atoms with van der Waals surface area (Å²) in [5, 5.41) is 12.0. The number of nitrogens with zero attached hydrogens (tertiary/aromatic N) is 2. The van der Waals surface area contributed by atoms with E-state index in [-0.39, 0.29) is 0 Å². The van der Waals surface area contributed by atoms with E-state index in [1.54, 1.807) is 0 Å². The molecule has 1 N–H and O–H groups in total. The topological polar surface area (TPSA) is 35.8 Å². The summed E-state index contributed by atoms with van der Waals surface area (Å²) in [6.07, 6.45) is 0. The van der Waals surface area contributed by atoms with Crippen LogP contribution in [0.15, 0.2) is 53.5 Å². The molecule has 0 fully saturated rings. The highest BCUT2D eigenvalue weighted by atomic mass is 35.5. The van der Waals surface area contributed by atoms with Gasteiger partial charge in [0.05, 0.1) is 6.54 Å². The highest BCUT2D eigenvalue weighted by Crippen LogP contribution is 2.44. The van der Waals surface area contributed by atoms with Crippen molar-refractivity contribution in [1.82, 2.24) is 4.90 Å². The molecular weight excluding hydrogens is 272 g/mol. The van der Waals surface area contributed by atoms with E-state index in [1.165, 1.54) is 0 Å². The number of hydrogen-bond acceptors (Lipinski definition) is 3. The Kier molecular flexibility index (Phi) is 2.43. The van der Waals surface area contributed by atoms with Crippen LogP contribution in [0.25, 0.3) is 0 Å². The maximum atomic E-state index is 11.4. The van der Waals surface area contributed by atoms with Gasteiger partial charge in [0.25, 0.3) is 0 Å². The molecule has 1 atom stereocenters. The number of aliphatic imine (C=N–C) groups is 1. The Bertz CT molecular complexity index is 714. The number of hydrogen-bond donors (Lipinski definition) is 1. The van der Waals surface area contributed by atoms with Crippen molar-refractivity contribution in [2.24, 2.45) is 4.99 Å². The van der Waals surface area contributed by atoms with Crippen molar-refractivity contribution in [3.8, 4) is 0 Å². The van der Waals surface area contributed by atoms with Gasteiger partial charge >= 0.3 is 0 Å². The second-order valence-corrected chi connectivity index (χ2v) is 5.52. The largest absolute Gasteiger partial charge is 0.363 e. The lowest BCUT2D eigenvalue weighted by Crippen LogP contribution is -2.43. The van der Waals surface area contributed by atoms with E-state index in [2.05, 4.69) is 4.99 Å². The molecule has 100 valence electrons. The van der Waals surface area contributed by atoms with Crippen molar-refractivity contribution in [2.75, 3.05) is 13.1 Å². The normalized spacial score (nSPS) is 23.5. The number of fused-ring (bicyclic) bond motifs is 3. The Morgan fingerprint density at radius 3 is 2.75 bits per heavy atom. The summed E-state index contributed by atoms with van der Waals surface area (Å²) >= 11 is 6.13. The van der Waals surface area contributed by atoms with Gasteiger partial charge in [-0.1, -0.05) is 41.9 Å². The van der Waals surface area contributed by atoms with E-state index < -0.39 is 5.72 Å². The fourth-order valence-corrected chi connectivity index (χ4v) is 3.29. The maximum Gasteiger partial charge on any atom is 0.193 e. The molecule has 4 heteroatoms. The van der Waals surface area contributed by atoms with Crippen molar-refractivity contribution in [1.29, 1.82) is 0 Å². The fraction of sp³-hybridized carbons (Fsp3) is 0.188. The third kappa shape index (κ3) is 1.42. The average Bonchev–Trinajstić information content (AvgIpc) is 3.04. The third-order valence-electron chi connectivity index (χ3n) is 4.01. The van der Waals surface area contributed by atoms with Gasteiger partial charge in [0.2, 0.25) is 0 Å². The van der Waals surface area contributed by atoms with Crippen LogP contribution in [0.3, 0.4) is 0 Å². The van der Waals surface area contributed by atoms with Crippen LogP contribution < -0.4 is 0 Å². The average molecular weight is 285 g/mol. The number of amidine groups is 1. The summed E-state index contributed by atoms with van der Waals surface area (Å²) in [6, 6.07) is 15.3. The van der Waals surface area contributed by atoms with E-state index >= 15 is 0 Å². The maximum absolute atomic E-state index is 11.4. The van der Waals surface area contributed by atoms with Gasteiger partial charge in [-0.25, -0.2) is 0 Å². The van der Waals surface area contributed by atoms with Gasteiger partial charge in [0, 0.05) is 28.3 Å². The minimum Gasteiger partial charge on any atom is -0.363 e. The molecule has 0 saturated heterocycles. The lowest BCUT2D eigenvalue weighted by Gasteiger charge is -2.33. The first kappa shape index (κ1) is 11.9. The first-order chi connectivity index (χ1) is 9.71. The molecule has 0 unspecified atom stereocenters. The first-order valence-electron chi connectivity index (χ1n) is 6.61. The smallest absolute Gasteiger partial charge is 0.193 e. The predicted octanol–water partition coefficient (Wildman–Crippen LogP) is 2.61. The number of benzene rings is 2. The molecule has 2 aromatic carbocycles. The SMILES string of the molecule is O[C@]1(c2ccccc2)c2cc(Cl)ccc2C2=NCCN21. The molecule has 0 bridgehead atoms. The zero-order valence-electron chi connectivity index (χ0n) is 10.8. The molecule has 2 aliphatic heterocycles. The highest BCUT2D eigenvalue weighted by Gasteiger charge is 2.49. The van der Waals surface area contributed by atoms with Crippen LogP contribution >= 0.6 is 11.6 Å². The fourth-order valence-electron chi connectivity index (χ4n) is 3.12. The summed E-state index contributed by atoms with van der Waals surface area (Å²) in [6.45, 7) is 1.43. The Labute approximate surface area is 122 Å². The van der Waals surface area contributed by atoms with Gasteiger partial charge < -0.3 is 10.0 Å². The quantitative estimate of drug-likeness (QED) is 0.874. The van der Waals surface area contributed by atoms with Crippen molar-refractivity contribution in [2.45, 2.75) is 5.72 Å². The Hall–Kier alpha value is -1.84. The molecule has 2 heterocycles. The summed E-state index contributed by atoms with van der Waals surface area (Å²) in [7, 11) is 0. The second kappa shape index (κ2) is 4.08. The highest BCUT2D eigenvalue weighted by molar-refractivity contribution is 6.30. The van der Waals surface area contributed by atoms with Gasteiger partial charge in [0.15, 0.2) is 5.72 Å². The monoisotopic (exact) mass is 284 g/mol. The minimum absolute atomic E-state index is 0.625. The van der Waals surface area contributed by atoms with Gasteiger partial charge in [0.1, 0.15) is 5.84 Å². The van der Waals surface area contributed by atoms with Crippen LogP contribution in [-0.2, 0) is 5.72 Å². The van der Waals surface area contributed by atoms with E-state index in [1.807, 2.05) is 53.4 Å². The molecule has 20 heavy (non-hydrogen) atoms. The van der Waals surface area contributed by atoms with Crippen LogP contribution in [0, 0.1) is 0 Å². The molecule has 0 spiro atoms. The van der Waals surface area contributed by atoms with Gasteiger partial charge in [-0.05, 0) is 18.2 Å². The second-order valence-electron chi connectivity index (χ2n) is 5.09. The van der Waals surface area contributed by atoms with Crippen molar-refractivity contribution in [3.63, 3.8) is 0 Å². The Morgan fingerprint density at radius 1 is 1.15 bits per heavy atom. The molecule has 2 aromatic rings. The van der Waals surface area contributed by atoms with E-state index in [4.69, 9.17) is 11.6 Å². The Morgan fingerprint density at radius 2 is 1.95 bits per heavy atom. The van der Waals surface area contributed by atoms with Gasteiger partial charge in [-0.2, -0.15) is 0 Å². The first-order valence-corrected chi connectivity index (χ1v) is 6.99. The van der Waals surface area contributed by atoms with Gasteiger partial charge in [-0.15, -0.1) is 0 Å². The third-order valence-corrected chi connectivity index (χ3v) is 4.24. The molecule has 2 aliphatic rings. The lowest BCUT2D eigenvalue weighted by molar-refractivity contribution is -0.0242. The summed E-state index contributed by atoms with van der Waals surface area (Å²) in [5.74, 6) is 0.864. The summed E-state index contributed by atoms with van der Waals surface area (Å²) in [4.78, 5) is 6.49. The van der Waals surface area contributed by atoms with Crippen LogP contribution in [0.2, 0.25) is 5.02 Å². The zero-order valence-corrected chi connectivity index (χ0v) is 11.5. The number of rotatable bonds is 1. The standard InChI is InChI=1S/C16H13ClN2O/c17-12-6-7-13-14(10-12)16(20,11-4-2-1-3-5-11)19-9-8-18-15(13)19/h1-7,10,20H,8-9H2/t16-/m1/s1. The molecule has 0 saturated carbocycles. The van der Waals surface area contributed by atoms with Gasteiger partial charge in [-0.3, -0.25) is 4.99 Å². The molecule has 0 amide bonds. The summed E-state index contributed by atoms with van der Waals surface area (Å²) in [5.41, 5.74) is 1.46. The summed E-state index contributed by atoms with van der Waals surface area (Å²) < 4.78 is 0. The van der Waals surface area contributed by atoms with Crippen LogP contribution in [0.5, 0.6) is 0 Å². The minimum atomic E-state index is -1.17. The zero-order chi connectivity index (χ0) is 13.7.